The quantitative estimate of drug-likeness (QED) is 0.842. The Hall–Kier alpha value is -1.13. The molecule has 5 heteroatoms. The van der Waals surface area contributed by atoms with E-state index in [9.17, 15) is 0 Å². The van der Waals surface area contributed by atoms with Crippen LogP contribution in [-0.2, 0) is 0 Å². The first-order chi connectivity index (χ1) is 8.09. The number of hydrogen-bond donors (Lipinski definition) is 1. The lowest BCUT2D eigenvalue weighted by atomic mass is 10.2. The summed E-state index contributed by atoms with van der Waals surface area (Å²) >= 11 is 9.49. The average molecular weight is 313 g/mol. The van der Waals surface area contributed by atoms with E-state index in [2.05, 4.69) is 31.2 Å². The maximum absolute atomic E-state index is 5.95. The minimum Gasteiger partial charge on any atom is -0.339 e. The second-order valence-corrected chi connectivity index (χ2v) is 4.85. The van der Waals surface area contributed by atoms with Gasteiger partial charge in [0, 0.05) is 10.0 Å². The number of aromatic nitrogens is 2. The molecule has 1 heterocycles. The molecule has 0 aliphatic carbocycles. The van der Waals surface area contributed by atoms with E-state index in [0.717, 1.165) is 27.1 Å². The standard InChI is InChI=1S/C12H11BrClN3/c1-7-4-3-5-9(10(7)13)17-12-8(2)11(14)15-6-16-12/h3-6H,1-2H3,(H,15,16,17). The van der Waals surface area contributed by atoms with Gasteiger partial charge in [-0.2, -0.15) is 0 Å². The van der Waals surface area contributed by atoms with Crippen LogP contribution in [0.4, 0.5) is 11.5 Å². The number of anilines is 2. The van der Waals surface area contributed by atoms with Crippen LogP contribution in [0.25, 0.3) is 0 Å². The average Bonchev–Trinajstić information content (AvgIpc) is 2.31. The van der Waals surface area contributed by atoms with Crippen molar-refractivity contribution in [1.29, 1.82) is 0 Å². The molecule has 0 aliphatic rings. The van der Waals surface area contributed by atoms with E-state index in [4.69, 9.17) is 11.6 Å². The largest absolute Gasteiger partial charge is 0.339 e. The van der Waals surface area contributed by atoms with E-state index in [1.807, 2.05) is 32.0 Å². The first-order valence-corrected chi connectivity index (χ1v) is 6.26. The molecule has 3 nitrogen and oxygen atoms in total. The summed E-state index contributed by atoms with van der Waals surface area (Å²) in [6.07, 6.45) is 1.45. The van der Waals surface area contributed by atoms with Gasteiger partial charge in [0.1, 0.15) is 17.3 Å². The third-order valence-corrected chi connectivity index (χ3v) is 3.90. The van der Waals surface area contributed by atoms with Gasteiger partial charge in [0.15, 0.2) is 0 Å². The summed E-state index contributed by atoms with van der Waals surface area (Å²) in [6, 6.07) is 6.00. The summed E-state index contributed by atoms with van der Waals surface area (Å²) in [5.41, 5.74) is 2.96. The first kappa shape index (κ1) is 12.3. The molecule has 2 rings (SSSR count). The smallest absolute Gasteiger partial charge is 0.138 e. The lowest BCUT2D eigenvalue weighted by Crippen LogP contribution is -1.99. The van der Waals surface area contributed by atoms with E-state index >= 15 is 0 Å². The fourth-order valence-corrected chi connectivity index (χ4v) is 1.92. The number of nitrogens with one attached hydrogen (secondary N) is 1. The fourth-order valence-electron chi connectivity index (χ4n) is 1.43. The Kier molecular flexibility index (Phi) is 3.64. The Labute approximate surface area is 113 Å². The summed E-state index contributed by atoms with van der Waals surface area (Å²) in [6.45, 7) is 3.92. The zero-order valence-electron chi connectivity index (χ0n) is 9.46. The van der Waals surface area contributed by atoms with Crippen molar-refractivity contribution < 1.29 is 0 Å². The Bertz CT molecular complexity index is 508. The maximum atomic E-state index is 5.95. The van der Waals surface area contributed by atoms with Gasteiger partial charge in [-0.15, -0.1) is 0 Å². The van der Waals surface area contributed by atoms with Crippen LogP contribution in [0.1, 0.15) is 11.1 Å². The molecule has 2 aromatic rings. The molecule has 1 N–H and O–H groups in total. The van der Waals surface area contributed by atoms with Crippen molar-refractivity contribution in [2.75, 3.05) is 5.32 Å². The molecule has 88 valence electrons. The van der Waals surface area contributed by atoms with Crippen molar-refractivity contribution in [3.63, 3.8) is 0 Å². The highest BCUT2D eigenvalue weighted by atomic mass is 79.9. The molecule has 0 saturated carbocycles. The lowest BCUT2D eigenvalue weighted by molar-refractivity contribution is 1.13. The van der Waals surface area contributed by atoms with E-state index < -0.39 is 0 Å². The molecule has 0 bridgehead atoms. The highest BCUT2D eigenvalue weighted by Gasteiger charge is 2.07. The maximum Gasteiger partial charge on any atom is 0.138 e. The number of rotatable bonds is 2. The molecule has 1 aromatic carbocycles. The highest BCUT2D eigenvalue weighted by molar-refractivity contribution is 9.10. The Balaban J connectivity index is 2.38. The van der Waals surface area contributed by atoms with Crippen molar-refractivity contribution in [1.82, 2.24) is 9.97 Å². The van der Waals surface area contributed by atoms with Gasteiger partial charge < -0.3 is 5.32 Å². The molecule has 0 saturated heterocycles. The van der Waals surface area contributed by atoms with Gasteiger partial charge in [0.2, 0.25) is 0 Å². The van der Waals surface area contributed by atoms with Gasteiger partial charge >= 0.3 is 0 Å². The summed E-state index contributed by atoms with van der Waals surface area (Å²) < 4.78 is 1.02. The molecule has 1 aromatic heterocycles. The zero-order chi connectivity index (χ0) is 12.4. The van der Waals surface area contributed by atoms with Crippen LogP contribution < -0.4 is 5.32 Å². The van der Waals surface area contributed by atoms with Crippen LogP contribution in [0.5, 0.6) is 0 Å². The van der Waals surface area contributed by atoms with Crippen LogP contribution in [0.15, 0.2) is 29.0 Å². The monoisotopic (exact) mass is 311 g/mol. The summed E-state index contributed by atoms with van der Waals surface area (Å²) in [4.78, 5) is 8.10. The number of aryl methyl sites for hydroxylation is 1. The normalized spacial score (nSPS) is 10.4. The van der Waals surface area contributed by atoms with E-state index in [-0.39, 0.29) is 0 Å². The molecule has 0 amide bonds. The molecule has 0 fully saturated rings. The molecular formula is C12H11BrClN3. The Morgan fingerprint density at radius 2 is 2.00 bits per heavy atom. The summed E-state index contributed by atoms with van der Waals surface area (Å²) in [5, 5.41) is 3.70. The lowest BCUT2D eigenvalue weighted by Gasteiger charge is -2.11. The van der Waals surface area contributed by atoms with Crippen LogP contribution in [0, 0.1) is 13.8 Å². The van der Waals surface area contributed by atoms with Crippen molar-refractivity contribution in [3.8, 4) is 0 Å². The number of benzene rings is 1. The van der Waals surface area contributed by atoms with Crippen molar-refractivity contribution in [3.05, 3.63) is 45.3 Å². The minimum absolute atomic E-state index is 0.464. The summed E-state index contributed by atoms with van der Waals surface area (Å²) in [7, 11) is 0. The molecule has 0 radical (unpaired) electrons. The van der Waals surface area contributed by atoms with Crippen LogP contribution in [0.2, 0.25) is 5.15 Å². The van der Waals surface area contributed by atoms with E-state index in [0.29, 0.717) is 5.15 Å². The van der Waals surface area contributed by atoms with Gasteiger partial charge in [0.25, 0.3) is 0 Å². The SMILES string of the molecule is Cc1cccc(Nc2ncnc(Cl)c2C)c1Br. The highest BCUT2D eigenvalue weighted by Crippen LogP contribution is 2.29. The predicted molar refractivity (Wildman–Crippen MR) is 73.9 cm³/mol. The first-order valence-electron chi connectivity index (χ1n) is 5.09. The topological polar surface area (TPSA) is 37.8 Å². The van der Waals surface area contributed by atoms with Gasteiger partial charge in [-0.25, -0.2) is 9.97 Å². The van der Waals surface area contributed by atoms with E-state index in [1.54, 1.807) is 0 Å². The molecule has 0 atom stereocenters. The van der Waals surface area contributed by atoms with Gasteiger partial charge in [-0.3, -0.25) is 0 Å². The van der Waals surface area contributed by atoms with Crippen LogP contribution in [0.3, 0.4) is 0 Å². The Morgan fingerprint density at radius 3 is 2.76 bits per heavy atom. The van der Waals surface area contributed by atoms with Crippen molar-refractivity contribution in [2.24, 2.45) is 0 Å². The molecule has 0 spiro atoms. The van der Waals surface area contributed by atoms with E-state index in [1.165, 1.54) is 6.33 Å². The predicted octanol–water partition coefficient (Wildman–Crippen LogP) is 4.25. The van der Waals surface area contributed by atoms with Gasteiger partial charge in [-0.1, -0.05) is 23.7 Å². The van der Waals surface area contributed by atoms with Gasteiger partial charge in [-0.05, 0) is 41.4 Å². The number of hydrogen-bond acceptors (Lipinski definition) is 3. The molecular weight excluding hydrogens is 302 g/mol. The van der Waals surface area contributed by atoms with Crippen molar-refractivity contribution in [2.45, 2.75) is 13.8 Å². The third-order valence-electron chi connectivity index (χ3n) is 2.47. The number of halogens is 2. The second-order valence-electron chi connectivity index (χ2n) is 3.70. The van der Waals surface area contributed by atoms with Crippen molar-refractivity contribution >= 4 is 39.0 Å². The van der Waals surface area contributed by atoms with Gasteiger partial charge in [0.05, 0.1) is 5.69 Å². The second kappa shape index (κ2) is 5.02. The molecule has 0 aliphatic heterocycles. The van der Waals surface area contributed by atoms with Crippen LogP contribution >= 0.6 is 27.5 Å². The minimum atomic E-state index is 0.464. The third kappa shape index (κ3) is 2.58. The zero-order valence-corrected chi connectivity index (χ0v) is 11.8. The fraction of sp³-hybridized carbons (Fsp3) is 0.167. The Morgan fingerprint density at radius 1 is 1.24 bits per heavy atom. The number of nitrogens with zero attached hydrogens (tertiary/aromatic N) is 2. The van der Waals surface area contributed by atoms with Crippen LogP contribution in [-0.4, -0.2) is 9.97 Å². The summed E-state index contributed by atoms with van der Waals surface area (Å²) in [5.74, 6) is 0.719. The molecule has 0 unspecified atom stereocenters. The molecule has 17 heavy (non-hydrogen) atoms.